The highest BCUT2D eigenvalue weighted by Gasteiger charge is 2.29. The molecule has 0 spiro atoms. The summed E-state index contributed by atoms with van der Waals surface area (Å²) in [5.74, 6) is 1.69. The molecule has 1 saturated carbocycles. The zero-order valence-electron chi connectivity index (χ0n) is 9.57. The van der Waals surface area contributed by atoms with Gasteiger partial charge < -0.3 is 15.7 Å². The summed E-state index contributed by atoms with van der Waals surface area (Å²) in [6, 6.07) is 0.362. The second kappa shape index (κ2) is 5.28. The van der Waals surface area contributed by atoms with E-state index >= 15 is 0 Å². The molecule has 0 radical (unpaired) electrons. The molecule has 1 aliphatic carbocycles. The van der Waals surface area contributed by atoms with Crippen molar-refractivity contribution in [2.24, 2.45) is 17.6 Å². The Balaban J connectivity index is 1.74. The first-order valence-corrected chi connectivity index (χ1v) is 6.36. The van der Waals surface area contributed by atoms with Crippen LogP contribution in [-0.4, -0.2) is 42.3 Å². The second-order valence-electron chi connectivity index (χ2n) is 5.39. The minimum Gasteiger partial charge on any atom is -0.396 e. The number of likely N-dealkylation sites (tertiary alicyclic amines) is 1. The molecule has 2 rings (SSSR count). The van der Waals surface area contributed by atoms with Crippen LogP contribution in [-0.2, 0) is 0 Å². The molecular formula is C12H24N2O. The molecular weight excluding hydrogens is 188 g/mol. The normalized spacial score (nSPS) is 33.2. The van der Waals surface area contributed by atoms with Crippen LogP contribution in [0.2, 0.25) is 0 Å². The van der Waals surface area contributed by atoms with E-state index in [4.69, 9.17) is 10.8 Å². The molecule has 3 heteroatoms. The number of nitrogens with two attached hydrogens (primary N) is 1. The largest absolute Gasteiger partial charge is 0.396 e. The molecule has 1 saturated heterocycles. The Hall–Kier alpha value is -0.120. The van der Waals surface area contributed by atoms with Gasteiger partial charge in [0.05, 0.1) is 0 Å². The maximum Gasteiger partial charge on any atom is 0.0431 e. The van der Waals surface area contributed by atoms with Gasteiger partial charge in [0.2, 0.25) is 0 Å². The fourth-order valence-corrected chi connectivity index (χ4v) is 2.75. The number of hydrogen-bond acceptors (Lipinski definition) is 3. The van der Waals surface area contributed by atoms with E-state index in [1.54, 1.807) is 0 Å². The van der Waals surface area contributed by atoms with Crippen LogP contribution in [0.5, 0.6) is 0 Å². The molecule has 1 heterocycles. The fourth-order valence-electron chi connectivity index (χ4n) is 2.75. The van der Waals surface area contributed by atoms with Crippen molar-refractivity contribution in [3.8, 4) is 0 Å². The monoisotopic (exact) mass is 212 g/mol. The van der Waals surface area contributed by atoms with Crippen LogP contribution in [0.3, 0.4) is 0 Å². The third-order valence-electron chi connectivity index (χ3n) is 3.63. The van der Waals surface area contributed by atoms with Gasteiger partial charge in [-0.25, -0.2) is 0 Å². The van der Waals surface area contributed by atoms with Crippen LogP contribution >= 0.6 is 0 Å². The summed E-state index contributed by atoms with van der Waals surface area (Å²) in [5.41, 5.74) is 6.08. The summed E-state index contributed by atoms with van der Waals surface area (Å²) in [6.07, 6.45) is 6.08. The van der Waals surface area contributed by atoms with Crippen LogP contribution in [0, 0.1) is 11.8 Å². The van der Waals surface area contributed by atoms with Crippen molar-refractivity contribution in [2.75, 3.05) is 26.2 Å². The molecule has 0 aromatic heterocycles. The van der Waals surface area contributed by atoms with Crippen molar-refractivity contribution in [1.82, 2.24) is 4.90 Å². The summed E-state index contributed by atoms with van der Waals surface area (Å²) in [6.45, 7) is 3.90. The number of nitrogens with zero attached hydrogens (tertiary/aromatic N) is 1. The molecule has 2 fully saturated rings. The van der Waals surface area contributed by atoms with E-state index in [0.29, 0.717) is 12.6 Å². The number of piperidine rings is 1. The lowest BCUT2D eigenvalue weighted by Crippen LogP contribution is -2.47. The van der Waals surface area contributed by atoms with E-state index in [-0.39, 0.29) is 0 Å². The van der Waals surface area contributed by atoms with Crippen molar-refractivity contribution in [3.05, 3.63) is 0 Å². The Morgan fingerprint density at radius 2 is 2.00 bits per heavy atom. The van der Waals surface area contributed by atoms with Gasteiger partial charge in [-0.15, -0.1) is 0 Å². The van der Waals surface area contributed by atoms with Gasteiger partial charge in [-0.2, -0.15) is 0 Å². The highest BCUT2D eigenvalue weighted by atomic mass is 16.2. The summed E-state index contributed by atoms with van der Waals surface area (Å²) >= 11 is 0. The molecule has 1 aliphatic heterocycles. The highest BCUT2D eigenvalue weighted by Crippen LogP contribution is 2.31. The third kappa shape index (κ3) is 3.74. The Morgan fingerprint density at radius 3 is 2.67 bits per heavy atom. The van der Waals surface area contributed by atoms with Crippen LogP contribution in [0.15, 0.2) is 0 Å². The van der Waals surface area contributed by atoms with Crippen molar-refractivity contribution in [1.29, 1.82) is 0 Å². The first-order valence-electron chi connectivity index (χ1n) is 6.36. The topological polar surface area (TPSA) is 49.5 Å². The van der Waals surface area contributed by atoms with E-state index in [0.717, 1.165) is 37.6 Å². The third-order valence-corrected chi connectivity index (χ3v) is 3.63. The SMILES string of the molecule is NC1CC(CCCO)CN(CC2CC2)C1. The van der Waals surface area contributed by atoms with Crippen LogP contribution in [0.1, 0.15) is 32.1 Å². The molecule has 0 aromatic carbocycles. The molecule has 2 atom stereocenters. The summed E-state index contributed by atoms with van der Waals surface area (Å²) in [5, 5.41) is 8.84. The zero-order chi connectivity index (χ0) is 10.7. The van der Waals surface area contributed by atoms with E-state index in [1.165, 1.54) is 25.9 Å². The lowest BCUT2D eigenvalue weighted by Gasteiger charge is -2.36. The number of aliphatic hydroxyl groups is 1. The van der Waals surface area contributed by atoms with Crippen LogP contribution < -0.4 is 5.73 Å². The predicted octanol–water partition coefficient (Wildman–Crippen LogP) is 0.818. The van der Waals surface area contributed by atoms with Gasteiger partial charge in [-0.3, -0.25) is 0 Å². The maximum absolute atomic E-state index is 8.84. The molecule has 15 heavy (non-hydrogen) atoms. The molecule has 0 bridgehead atoms. The zero-order valence-corrected chi connectivity index (χ0v) is 9.57. The Kier molecular flexibility index (Phi) is 4.00. The Morgan fingerprint density at radius 1 is 1.20 bits per heavy atom. The van der Waals surface area contributed by atoms with Crippen LogP contribution in [0.4, 0.5) is 0 Å². The van der Waals surface area contributed by atoms with E-state index in [9.17, 15) is 0 Å². The average Bonchev–Trinajstić information content (AvgIpc) is 2.98. The molecule has 0 aromatic rings. The number of rotatable bonds is 5. The molecule has 3 N–H and O–H groups in total. The first kappa shape index (κ1) is 11.4. The van der Waals surface area contributed by atoms with Gasteiger partial charge in [0.15, 0.2) is 0 Å². The van der Waals surface area contributed by atoms with E-state index in [2.05, 4.69) is 4.90 Å². The van der Waals surface area contributed by atoms with Gasteiger partial charge in [-0.05, 0) is 43.9 Å². The van der Waals surface area contributed by atoms with Gasteiger partial charge in [0, 0.05) is 32.3 Å². The summed E-state index contributed by atoms with van der Waals surface area (Å²) < 4.78 is 0. The quantitative estimate of drug-likeness (QED) is 0.709. The molecule has 0 amide bonds. The Labute approximate surface area is 92.6 Å². The molecule has 88 valence electrons. The maximum atomic E-state index is 8.84. The average molecular weight is 212 g/mol. The number of aliphatic hydroxyl groups excluding tert-OH is 1. The first-order chi connectivity index (χ1) is 7.28. The lowest BCUT2D eigenvalue weighted by molar-refractivity contribution is 0.139. The molecule has 2 aliphatic rings. The molecule has 3 nitrogen and oxygen atoms in total. The lowest BCUT2D eigenvalue weighted by atomic mass is 9.91. The van der Waals surface area contributed by atoms with Gasteiger partial charge in [-0.1, -0.05) is 0 Å². The summed E-state index contributed by atoms with van der Waals surface area (Å²) in [7, 11) is 0. The van der Waals surface area contributed by atoms with Crippen molar-refractivity contribution in [2.45, 2.75) is 38.1 Å². The highest BCUT2D eigenvalue weighted by molar-refractivity contribution is 4.85. The van der Waals surface area contributed by atoms with Gasteiger partial charge in [0.1, 0.15) is 0 Å². The minimum atomic E-state index is 0.328. The van der Waals surface area contributed by atoms with Gasteiger partial charge >= 0.3 is 0 Å². The van der Waals surface area contributed by atoms with Crippen LogP contribution in [0.25, 0.3) is 0 Å². The Bertz CT molecular complexity index is 192. The van der Waals surface area contributed by atoms with Crippen molar-refractivity contribution >= 4 is 0 Å². The van der Waals surface area contributed by atoms with E-state index in [1.807, 2.05) is 0 Å². The predicted molar refractivity (Wildman–Crippen MR) is 61.6 cm³/mol. The van der Waals surface area contributed by atoms with Gasteiger partial charge in [0.25, 0.3) is 0 Å². The van der Waals surface area contributed by atoms with Crippen molar-refractivity contribution < 1.29 is 5.11 Å². The standard InChI is InChI=1S/C12H24N2O/c13-12-6-11(2-1-5-15)8-14(9-12)7-10-3-4-10/h10-12,15H,1-9,13H2. The summed E-state index contributed by atoms with van der Waals surface area (Å²) in [4.78, 5) is 2.55. The molecule has 2 unspecified atom stereocenters. The second-order valence-corrected chi connectivity index (χ2v) is 5.39. The minimum absolute atomic E-state index is 0.328. The van der Waals surface area contributed by atoms with Crippen molar-refractivity contribution in [3.63, 3.8) is 0 Å². The smallest absolute Gasteiger partial charge is 0.0431 e. The van der Waals surface area contributed by atoms with E-state index < -0.39 is 0 Å². The number of hydrogen-bond donors (Lipinski definition) is 2. The fraction of sp³-hybridized carbons (Fsp3) is 1.00.